The Bertz CT molecular complexity index is 1770. The van der Waals surface area contributed by atoms with E-state index in [0.29, 0.717) is 37.4 Å². The van der Waals surface area contributed by atoms with E-state index in [1.807, 2.05) is 85.8 Å². The Kier molecular flexibility index (Phi) is 7.84. The highest BCUT2D eigenvalue weighted by molar-refractivity contribution is 6.07. The minimum Gasteiger partial charge on any atom is -0.447 e. The van der Waals surface area contributed by atoms with Crippen molar-refractivity contribution >= 4 is 23.4 Å². The summed E-state index contributed by atoms with van der Waals surface area (Å²) in [6.45, 7) is 6.52. The number of anilines is 2. The highest BCUT2D eigenvalue weighted by Gasteiger charge is 2.66. The fourth-order valence-electron chi connectivity index (χ4n) is 7.63. The summed E-state index contributed by atoms with van der Waals surface area (Å²) in [4.78, 5) is 29.9. The number of alkyl halides is 1. The normalized spacial score (nSPS) is 24.7. The van der Waals surface area contributed by atoms with E-state index in [-0.39, 0.29) is 18.5 Å². The topological polar surface area (TPSA) is 110 Å². The number of aryl methyl sites for hydroxylation is 1. The monoisotopic (exact) mass is 639 g/mol. The average Bonchev–Trinajstić information content (AvgIpc) is 3.83. The van der Waals surface area contributed by atoms with Gasteiger partial charge in [-0.3, -0.25) is 14.4 Å². The van der Waals surface area contributed by atoms with E-state index in [1.165, 1.54) is 0 Å². The van der Waals surface area contributed by atoms with Crippen molar-refractivity contribution in [1.82, 2.24) is 15.0 Å². The number of halogens is 1. The number of hydrogen-bond donors (Lipinski definition) is 1. The maximum atomic E-state index is 16.1. The molecule has 5 atom stereocenters. The number of hydrogen-bond acceptors (Lipinski definition) is 7. The van der Waals surface area contributed by atoms with Gasteiger partial charge in [-0.2, -0.15) is 0 Å². The van der Waals surface area contributed by atoms with Crippen LogP contribution < -0.4 is 9.80 Å². The van der Waals surface area contributed by atoms with Gasteiger partial charge in [-0.25, -0.2) is 9.18 Å². The van der Waals surface area contributed by atoms with Crippen molar-refractivity contribution in [2.24, 2.45) is 11.8 Å². The molecular formula is C36H38FN5O5. The van der Waals surface area contributed by atoms with E-state index in [9.17, 15) is 14.7 Å². The summed E-state index contributed by atoms with van der Waals surface area (Å²) in [6.07, 6.45) is 0.208. The van der Waals surface area contributed by atoms with Crippen molar-refractivity contribution in [3.63, 3.8) is 0 Å². The summed E-state index contributed by atoms with van der Waals surface area (Å²) in [5, 5.41) is 19.2. The lowest BCUT2D eigenvalue weighted by molar-refractivity contribution is -0.146. The molecule has 244 valence electrons. The number of amides is 2. The van der Waals surface area contributed by atoms with Gasteiger partial charge in [0.25, 0.3) is 5.91 Å². The molecule has 0 bridgehead atoms. The van der Waals surface area contributed by atoms with Crippen molar-refractivity contribution in [1.29, 1.82) is 0 Å². The molecular weight excluding hydrogens is 601 g/mol. The number of carbonyl (C=O) groups excluding carboxylic acids is 2. The Labute approximate surface area is 272 Å². The molecule has 1 spiro atoms. The minimum absolute atomic E-state index is 0.218. The van der Waals surface area contributed by atoms with Gasteiger partial charge in [-0.15, -0.1) is 5.10 Å². The number of nitrogens with zero attached hydrogens (tertiary/aromatic N) is 5. The highest BCUT2D eigenvalue weighted by atomic mass is 19.1. The van der Waals surface area contributed by atoms with E-state index >= 15 is 4.39 Å². The van der Waals surface area contributed by atoms with Crippen molar-refractivity contribution in [2.75, 3.05) is 23.0 Å². The first-order chi connectivity index (χ1) is 22.6. The molecule has 0 saturated carbocycles. The van der Waals surface area contributed by atoms with Crippen molar-refractivity contribution < 1.29 is 28.6 Å². The van der Waals surface area contributed by atoms with Gasteiger partial charge >= 0.3 is 6.09 Å². The van der Waals surface area contributed by atoms with E-state index in [1.54, 1.807) is 34.5 Å². The summed E-state index contributed by atoms with van der Waals surface area (Å²) in [7, 11) is 0. The fraction of sp³-hybridized carbons (Fsp3) is 0.389. The Morgan fingerprint density at radius 1 is 1.04 bits per heavy atom. The first-order valence-electron chi connectivity index (χ1n) is 16.0. The van der Waals surface area contributed by atoms with Crippen LogP contribution in [0.25, 0.3) is 0 Å². The summed E-state index contributed by atoms with van der Waals surface area (Å²) in [5.41, 5.74) is 1.22. The molecule has 1 N–H and O–H groups in total. The van der Waals surface area contributed by atoms with Crippen LogP contribution in [0.3, 0.4) is 0 Å². The molecule has 0 aliphatic carbocycles. The summed E-state index contributed by atoms with van der Waals surface area (Å²) >= 11 is 0. The molecule has 4 aromatic rings. The minimum atomic E-state index is -1.64. The van der Waals surface area contributed by atoms with Crippen LogP contribution in [0, 0.1) is 11.8 Å². The second-order valence-corrected chi connectivity index (χ2v) is 13.1. The molecule has 3 aromatic carbocycles. The number of ether oxygens (including phenoxy) is 2. The zero-order valence-corrected chi connectivity index (χ0v) is 26.6. The van der Waals surface area contributed by atoms with Crippen LogP contribution in [0.2, 0.25) is 0 Å². The van der Waals surface area contributed by atoms with Crippen LogP contribution >= 0.6 is 0 Å². The van der Waals surface area contributed by atoms with Gasteiger partial charge in [0.15, 0.2) is 5.60 Å². The number of aliphatic hydroxyl groups excluding tert-OH is 1. The van der Waals surface area contributed by atoms with Gasteiger partial charge in [-0.1, -0.05) is 72.8 Å². The lowest BCUT2D eigenvalue weighted by Crippen LogP contribution is -2.45. The van der Waals surface area contributed by atoms with Crippen molar-refractivity contribution in [3.05, 3.63) is 107 Å². The first kappa shape index (κ1) is 31.0. The third-order valence-electron chi connectivity index (χ3n) is 9.81. The lowest BCUT2D eigenvalue weighted by atomic mass is 9.71. The second kappa shape index (κ2) is 11.9. The van der Waals surface area contributed by atoms with E-state index in [0.717, 1.165) is 22.5 Å². The van der Waals surface area contributed by atoms with E-state index < -0.39 is 35.3 Å². The number of rotatable bonds is 9. The first-order valence-corrected chi connectivity index (χ1v) is 16.0. The lowest BCUT2D eigenvalue weighted by Gasteiger charge is -2.32. The third-order valence-corrected chi connectivity index (χ3v) is 9.81. The summed E-state index contributed by atoms with van der Waals surface area (Å²) in [5.74, 6) is -1.28. The van der Waals surface area contributed by atoms with Crippen LogP contribution in [0.4, 0.5) is 20.6 Å². The van der Waals surface area contributed by atoms with Gasteiger partial charge in [0, 0.05) is 29.6 Å². The van der Waals surface area contributed by atoms with Crippen LogP contribution in [-0.2, 0) is 33.0 Å². The standard InChI is InChI=1S/C36H38FN5O5/c1-23-31(35(2,3)37)30(17-18-40-22-28(38-39-40)32(43)25-9-5-4-6-10-25)47-36(23)27-11-7-8-12-29(27)42(33(36)44)21-24-13-15-26(16-14-24)41-19-20-46-34(41)45/h4-16,22-23,30-32,43H,17-21H2,1-3H3/t23-,30+,31-,32-,36+/m1/s1. The molecule has 4 heterocycles. The van der Waals surface area contributed by atoms with Crippen LogP contribution in [0.15, 0.2) is 85.1 Å². The molecule has 47 heavy (non-hydrogen) atoms. The van der Waals surface area contributed by atoms with Crippen LogP contribution in [0.5, 0.6) is 0 Å². The maximum absolute atomic E-state index is 16.1. The predicted molar refractivity (Wildman–Crippen MR) is 172 cm³/mol. The quantitative estimate of drug-likeness (QED) is 0.256. The molecule has 2 saturated heterocycles. The van der Waals surface area contributed by atoms with Gasteiger partial charge in [0.05, 0.1) is 31.1 Å². The number of benzene rings is 3. The number of carbonyl (C=O) groups is 2. The molecule has 0 radical (unpaired) electrons. The van der Waals surface area contributed by atoms with Gasteiger partial charge in [-0.05, 0) is 49.6 Å². The number of fused-ring (bicyclic) bond motifs is 2. The van der Waals surface area contributed by atoms with Crippen LogP contribution in [-0.4, -0.2) is 57.0 Å². The molecule has 3 aliphatic heterocycles. The number of aliphatic hydroxyl groups is 1. The molecule has 7 rings (SSSR count). The molecule has 2 fully saturated rings. The number of para-hydroxylation sites is 1. The van der Waals surface area contributed by atoms with Gasteiger partial charge in [0.1, 0.15) is 24.1 Å². The molecule has 2 amide bonds. The summed E-state index contributed by atoms with van der Waals surface area (Å²) < 4.78 is 29.6. The van der Waals surface area contributed by atoms with Crippen molar-refractivity contribution in [3.8, 4) is 0 Å². The van der Waals surface area contributed by atoms with Gasteiger partial charge < -0.3 is 19.5 Å². The Morgan fingerprint density at radius 3 is 2.47 bits per heavy atom. The van der Waals surface area contributed by atoms with E-state index in [2.05, 4.69) is 10.3 Å². The fourth-order valence-corrected chi connectivity index (χ4v) is 7.63. The molecule has 3 aliphatic rings. The van der Waals surface area contributed by atoms with Crippen LogP contribution in [0.1, 0.15) is 55.7 Å². The predicted octanol–water partition coefficient (Wildman–Crippen LogP) is 5.55. The average molecular weight is 640 g/mol. The number of aromatic nitrogens is 3. The Balaban J connectivity index is 1.13. The smallest absolute Gasteiger partial charge is 0.414 e. The molecule has 10 nitrogen and oxygen atoms in total. The SMILES string of the molecule is C[C@@H]1[C@@H](C(C)(C)F)[C@H](CCn2cc([C@H](O)c3ccccc3)nn2)O[C@@]12C(=O)N(Cc1ccc(N3CCOC3=O)cc1)c1ccccc12. The Morgan fingerprint density at radius 2 is 1.77 bits per heavy atom. The summed E-state index contributed by atoms with van der Waals surface area (Å²) in [6, 6.07) is 24.3. The number of cyclic esters (lactones) is 1. The van der Waals surface area contributed by atoms with E-state index in [4.69, 9.17) is 9.47 Å². The maximum Gasteiger partial charge on any atom is 0.414 e. The van der Waals surface area contributed by atoms with Crippen molar-refractivity contribution in [2.45, 2.75) is 63.8 Å². The highest BCUT2D eigenvalue weighted by Crippen LogP contribution is 2.58. The largest absolute Gasteiger partial charge is 0.447 e. The van der Waals surface area contributed by atoms with Gasteiger partial charge in [0.2, 0.25) is 0 Å². The zero-order valence-electron chi connectivity index (χ0n) is 26.6. The second-order valence-electron chi connectivity index (χ2n) is 13.1. The molecule has 0 unspecified atom stereocenters. The zero-order chi connectivity index (χ0) is 32.9. The molecule has 11 heteroatoms. The Hall–Kier alpha value is -4.61. The molecule has 1 aromatic heterocycles. The third kappa shape index (κ3) is 5.37.